The highest BCUT2D eigenvalue weighted by Crippen LogP contribution is 2.32. The van der Waals surface area contributed by atoms with Gasteiger partial charge in [-0.2, -0.15) is 0 Å². The van der Waals surface area contributed by atoms with Crippen LogP contribution in [-0.2, 0) is 4.74 Å². The minimum Gasteiger partial charge on any atom is -0.388 e. The van der Waals surface area contributed by atoms with E-state index in [-0.39, 0.29) is 5.92 Å². The van der Waals surface area contributed by atoms with Crippen molar-refractivity contribution in [2.45, 2.75) is 19.4 Å². The molecule has 2 aromatic rings. The van der Waals surface area contributed by atoms with Crippen LogP contribution in [0.5, 0.6) is 0 Å². The monoisotopic (exact) mass is 279 g/mol. The zero-order valence-corrected chi connectivity index (χ0v) is 11.9. The minimum absolute atomic E-state index is 0.103. The summed E-state index contributed by atoms with van der Waals surface area (Å²) in [5.41, 5.74) is 1.59. The first-order valence-corrected chi connectivity index (χ1v) is 6.73. The molecule has 1 heterocycles. The van der Waals surface area contributed by atoms with Crippen molar-refractivity contribution in [3.8, 4) is 0 Å². The molecule has 2 atom stereocenters. The zero-order valence-electron chi connectivity index (χ0n) is 11.1. The van der Waals surface area contributed by atoms with Crippen LogP contribution in [0, 0.1) is 5.92 Å². The van der Waals surface area contributed by atoms with Crippen molar-refractivity contribution in [3.05, 3.63) is 41.0 Å². The van der Waals surface area contributed by atoms with E-state index >= 15 is 0 Å². The smallest absolute Gasteiger partial charge is 0.0837 e. The minimum atomic E-state index is -0.565. The first-order chi connectivity index (χ1) is 9.15. The molecule has 102 valence electrons. The Kier molecular flexibility index (Phi) is 4.75. The van der Waals surface area contributed by atoms with Gasteiger partial charge in [-0.1, -0.05) is 24.6 Å². The molecule has 2 rings (SSSR count). The Morgan fingerprint density at radius 1 is 1.37 bits per heavy atom. The van der Waals surface area contributed by atoms with Gasteiger partial charge in [0.2, 0.25) is 0 Å². The van der Waals surface area contributed by atoms with Crippen molar-refractivity contribution in [1.29, 1.82) is 0 Å². The van der Waals surface area contributed by atoms with E-state index in [1.807, 2.05) is 31.2 Å². The van der Waals surface area contributed by atoms with Gasteiger partial charge < -0.3 is 9.84 Å². The Morgan fingerprint density at radius 3 is 2.89 bits per heavy atom. The van der Waals surface area contributed by atoms with Gasteiger partial charge in [-0.15, -0.1) is 0 Å². The summed E-state index contributed by atoms with van der Waals surface area (Å²) in [6.07, 6.45) is 1.95. The van der Waals surface area contributed by atoms with Crippen LogP contribution in [0.1, 0.15) is 25.0 Å². The summed E-state index contributed by atoms with van der Waals surface area (Å²) in [4.78, 5) is 4.35. The number of nitrogens with zero attached hydrogens (tertiary/aromatic N) is 1. The van der Waals surface area contributed by atoms with Crippen LogP contribution >= 0.6 is 11.6 Å². The molecule has 0 radical (unpaired) electrons. The third-order valence-corrected chi connectivity index (χ3v) is 3.71. The van der Waals surface area contributed by atoms with Crippen molar-refractivity contribution in [3.63, 3.8) is 0 Å². The molecule has 19 heavy (non-hydrogen) atoms. The number of fused-ring (bicyclic) bond motifs is 1. The second-order valence-corrected chi connectivity index (χ2v) is 5.15. The molecule has 0 spiro atoms. The molecular weight excluding hydrogens is 262 g/mol. The second-order valence-electron chi connectivity index (χ2n) is 4.74. The maximum absolute atomic E-state index is 10.5. The standard InChI is InChI=1S/C15H18ClNO2/c1-10(7-9-19-2)15(18)12-5-6-13(16)11-4-3-8-17-14(11)12/h3-6,8,10,15,18H,7,9H2,1-2H3. The summed E-state index contributed by atoms with van der Waals surface area (Å²) in [6.45, 7) is 2.64. The Balaban J connectivity index is 2.37. The van der Waals surface area contributed by atoms with Crippen LogP contribution in [0.15, 0.2) is 30.5 Å². The molecule has 1 aromatic carbocycles. The molecule has 0 fully saturated rings. The number of ether oxygens (including phenoxy) is 1. The number of aliphatic hydroxyl groups excluding tert-OH is 1. The van der Waals surface area contributed by atoms with Gasteiger partial charge in [0.15, 0.2) is 0 Å². The van der Waals surface area contributed by atoms with Crippen molar-refractivity contribution < 1.29 is 9.84 Å². The van der Waals surface area contributed by atoms with Crippen LogP contribution < -0.4 is 0 Å². The van der Waals surface area contributed by atoms with E-state index < -0.39 is 6.10 Å². The first kappa shape index (κ1) is 14.3. The summed E-state index contributed by atoms with van der Waals surface area (Å²) in [5.74, 6) is 0.103. The number of hydrogen-bond donors (Lipinski definition) is 1. The molecule has 0 aliphatic heterocycles. The third kappa shape index (κ3) is 3.06. The normalized spacial score (nSPS) is 14.5. The fourth-order valence-corrected chi connectivity index (χ4v) is 2.38. The van der Waals surface area contributed by atoms with Crippen LogP contribution in [-0.4, -0.2) is 23.8 Å². The molecule has 1 N–H and O–H groups in total. The highest BCUT2D eigenvalue weighted by Gasteiger charge is 2.19. The molecule has 1 aromatic heterocycles. The average molecular weight is 280 g/mol. The van der Waals surface area contributed by atoms with Crippen LogP contribution in [0.3, 0.4) is 0 Å². The maximum Gasteiger partial charge on any atom is 0.0837 e. The summed E-state index contributed by atoms with van der Waals surface area (Å²) >= 11 is 6.16. The van der Waals surface area contributed by atoms with Crippen LogP contribution in [0.25, 0.3) is 10.9 Å². The van der Waals surface area contributed by atoms with E-state index in [1.165, 1.54) is 0 Å². The zero-order chi connectivity index (χ0) is 13.8. The summed E-state index contributed by atoms with van der Waals surface area (Å²) in [7, 11) is 1.67. The van der Waals surface area contributed by atoms with E-state index in [4.69, 9.17) is 16.3 Å². The first-order valence-electron chi connectivity index (χ1n) is 6.35. The molecule has 0 saturated carbocycles. The van der Waals surface area contributed by atoms with Gasteiger partial charge in [0.05, 0.1) is 11.6 Å². The maximum atomic E-state index is 10.5. The number of hydrogen-bond acceptors (Lipinski definition) is 3. The lowest BCUT2D eigenvalue weighted by Crippen LogP contribution is -2.12. The molecule has 0 aliphatic rings. The van der Waals surface area contributed by atoms with Crippen LogP contribution in [0.2, 0.25) is 5.02 Å². The molecule has 0 saturated heterocycles. The lowest BCUT2D eigenvalue weighted by molar-refractivity contribution is 0.0895. The predicted octanol–water partition coefficient (Wildman–Crippen LogP) is 3.59. The second kappa shape index (κ2) is 6.33. The van der Waals surface area contributed by atoms with Crippen LogP contribution in [0.4, 0.5) is 0 Å². The van der Waals surface area contributed by atoms with Gasteiger partial charge in [0, 0.05) is 35.9 Å². The largest absolute Gasteiger partial charge is 0.388 e. The van der Waals surface area contributed by atoms with E-state index in [9.17, 15) is 5.11 Å². The molecule has 3 nitrogen and oxygen atoms in total. The van der Waals surface area contributed by atoms with Crippen molar-refractivity contribution in [1.82, 2.24) is 4.98 Å². The van der Waals surface area contributed by atoms with Gasteiger partial charge in [-0.25, -0.2) is 0 Å². The topological polar surface area (TPSA) is 42.4 Å². The number of methoxy groups -OCH3 is 1. The van der Waals surface area contributed by atoms with E-state index in [2.05, 4.69) is 4.98 Å². The SMILES string of the molecule is COCCC(C)C(O)c1ccc(Cl)c2cccnc12. The summed E-state index contributed by atoms with van der Waals surface area (Å²) in [6, 6.07) is 7.43. The van der Waals surface area contributed by atoms with E-state index in [0.717, 1.165) is 22.9 Å². The fourth-order valence-electron chi connectivity index (χ4n) is 2.17. The molecule has 4 heteroatoms. The van der Waals surface area contributed by atoms with Crippen molar-refractivity contribution in [2.75, 3.05) is 13.7 Å². The van der Waals surface area contributed by atoms with Gasteiger partial charge in [-0.05, 0) is 30.5 Å². The van der Waals surface area contributed by atoms with E-state index in [1.54, 1.807) is 13.3 Å². The predicted molar refractivity (Wildman–Crippen MR) is 77.4 cm³/mol. The lowest BCUT2D eigenvalue weighted by atomic mass is 9.93. The van der Waals surface area contributed by atoms with Gasteiger partial charge in [0.25, 0.3) is 0 Å². The number of aromatic nitrogens is 1. The highest BCUT2D eigenvalue weighted by atomic mass is 35.5. The van der Waals surface area contributed by atoms with E-state index in [0.29, 0.717) is 11.6 Å². The highest BCUT2D eigenvalue weighted by molar-refractivity contribution is 6.35. The molecular formula is C15H18ClNO2. The Labute approximate surface area is 118 Å². The number of pyridine rings is 1. The summed E-state index contributed by atoms with van der Waals surface area (Å²) in [5, 5.41) is 12.0. The Bertz CT molecular complexity index is 559. The molecule has 0 amide bonds. The lowest BCUT2D eigenvalue weighted by Gasteiger charge is -2.20. The molecule has 2 unspecified atom stereocenters. The van der Waals surface area contributed by atoms with Crippen molar-refractivity contribution >= 4 is 22.5 Å². The van der Waals surface area contributed by atoms with Gasteiger partial charge in [0.1, 0.15) is 0 Å². The van der Waals surface area contributed by atoms with Gasteiger partial charge in [-0.3, -0.25) is 4.98 Å². The molecule has 0 aliphatic carbocycles. The number of aliphatic hydroxyl groups is 1. The number of rotatable bonds is 5. The van der Waals surface area contributed by atoms with Gasteiger partial charge >= 0.3 is 0 Å². The number of benzene rings is 1. The quantitative estimate of drug-likeness (QED) is 0.909. The summed E-state index contributed by atoms with van der Waals surface area (Å²) < 4.78 is 5.06. The average Bonchev–Trinajstić information content (AvgIpc) is 2.45. The Morgan fingerprint density at radius 2 is 2.16 bits per heavy atom. The Hall–Kier alpha value is -1.16. The number of halogens is 1. The molecule has 0 bridgehead atoms. The fraction of sp³-hybridized carbons (Fsp3) is 0.400. The van der Waals surface area contributed by atoms with Crippen molar-refractivity contribution in [2.24, 2.45) is 5.92 Å². The third-order valence-electron chi connectivity index (χ3n) is 3.38.